The first-order valence-electron chi connectivity index (χ1n) is 5.54. The van der Waals surface area contributed by atoms with Crippen molar-refractivity contribution in [2.45, 2.75) is 0 Å². The second-order valence-corrected chi connectivity index (χ2v) is 3.78. The van der Waals surface area contributed by atoms with E-state index in [1.807, 2.05) is 0 Å². The van der Waals surface area contributed by atoms with Crippen LogP contribution in [0.15, 0.2) is 53.6 Å². The molecule has 0 unspecified atom stereocenters. The monoisotopic (exact) mass is 258 g/mol. The van der Waals surface area contributed by atoms with Crippen LogP contribution < -0.4 is 5.43 Å². The third kappa shape index (κ3) is 3.38. The summed E-state index contributed by atoms with van der Waals surface area (Å²) >= 11 is 0. The number of nitrogens with zero attached hydrogens (tertiary/aromatic N) is 1. The second kappa shape index (κ2) is 5.77. The van der Waals surface area contributed by atoms with E-state index < -0.39 is 5.97 Å². The molecular weight excluding hydrogens is 247 g/mol. The van der Waals surface area contributed by atoms with Crippen molar-refractivity contribution in [3.05, 3.63) is 65.5 Å². The zero-order chi connectivity index (χ0) is 13.7. The maximum absolute atomic E-state index is 13.3. The molecule has 5 heteroatoms. The Morgan fingerprint density at radius 3 is 2.74 bits per heavy atom. The number of anilines is 1. The average Bonchev–Trinajstić information content (AvgIpc) is 2.41. The predicted octanol–water partition coefficient (Wildman–Crippen LogP) is 2.97. The smallest absolute Gasteiger partial charge is 0.335 e. The van der Waals surface area contributed by atoms with E-state index >= 15 is 0 Å². The molecule has 0 radical (unpaired) electrons. The normalized spacial score (nSPS) is 10.6. The van der Waals surface area contributed by atoms with Gasteiger partial charge in [0.25, 0.3) is 0 Å². The summed E-state index contributed by atoms with van der Waals surface area (Å²) in [4.78, 5) is 10.8. The Kier molecular flexibility index (Phi) is 3.87. The van der Waals surface area contributed by atoms with Crippen LogP contribution in [0.3, 0.4) is 0 Å². The van der Waals surface area contributed by atoms with Crippen molar-refractivity contribution >= 4 is 17.9 Å². The van der Waals surface area contributed by atoms with Gasteiger partial charge in [0.2, 0.25) is 0 Å². The summed E-state index contributed by atoms with van der Waals surface area (Å²) < 4.78 is 13.3. The van der Waals surface area contributed by atoms with E-state index in [9.17, 15) is 9.18 Å². The number of hydrogen-bond donors (Lipinski definition) is 2. The molecule has 0 spiro atoms. The molecule has 0 aliphatic rings. The highest BCUT2D eigenvalue weighted by Crippen LogP contribution is 2.10. The minimum absolute atomic E-state index is 0.158. The molecular formula is C14H11FN2O2. The minimum Gasteiger partial charge on any atom is -0.478 e. The van der Waals surface area contributed by atoms with Gasteiger partial charge in [0.05, 0.1) is 17.5 Å². The van der Waals surface area contributed by atoms with Crippen LogP contribution in [-0.2, 0) is 0 Å². The molecule has 0 atom stereocenters. The lowest BCUT2D eigenvalue weighted by Crippen LogP contribution is -1.98. The summed E-state index contributed by atoms with van der Waals surface area (Å²) in [5.74, 6) is -1.38. The number of carbonyl (C=O) groups is 1. The van der Waals surface area contributed by atoms with Crippen LogP contribution in [0, 0.1) is 5.82 Å². The van der Waals surface area contributed by atoms with Crippen molar-refractivity contribution in [2.75, 3.05) is 5.43 Å². The number of hydrogen-bond acceptors (Lipinski definition) is 3. The number of nitrogens with one attached hydrogen (secondary N) is 1. The van der Waals surface area contributed by atoms with Gasteiger partial charge in [0, 0.05) is 5.56 Å². The highest BCUT2D eigenvalue weighted by Gasteiger charge is 2.02. The highest BCUT2D eigenvalue weighted by molar-refractivity contribution is 5.88. The Bertz CT molecular complexity index is 626. The van der Waals surface area contributed by atoms with Crippen LogP contribution in [-0.4, -0.2) is 17.3 Å². The number of benzene rings is 2. The number of hydrazone groups is 1. The van der Waals surface area contributed by atoms with Crippen molar-refractivity contribution in [1.82, 2.24) is 0 Å². The topological polar surface area (TPSA) is 61.7 Å². The molecule has 0 fully saturated rings. The van der Waals surface area contributed by atoms with Crippen LogP contribution in [0.1, 0.15) is 15.9 Å². The Morgan fingerprint density at radius 2 is 2.00 bits per heavy atom. The number of aromatic carboxylic acids is 1. The Labute approximate surface area is 109 Å². The zero-order valence-electron chi connectivity index (χ0n) is 9.88. The molecule has 0 aromatic heterocycles. The summed E-state index contributed by atoms with van der Waals surface area (Å²) in [6.45, 7) is 0. The quantitative estimate of drug-likeness (QED) is 0.654. The van der Waals surface area contributed by atoms with Crippen molar-refractivity contribution in [3.8, 4) is 0 Å². The van der Waals surface area contributed by atoms with E-state index in [2.05, 4.69) is 10.5 Å². The van der Waals surface area contributed by atoms with Gasteiger partial charge in [0.15, 0.2) is 0 Å². The molecule has 0 heterocycles. The van der Waals surface area contributed by atoms with Gasteiger partial charge < -0.3 is 5.11 Å². The molecule has 0 saturated carbocycles. The molecule has 2 aromatic rings. The van der Waals surface area contributed by atoms with Crippen molar-refractivity contribution in [3.63, 3.8) is 0 Å². The minimum atomic E-state index is -1.01. The maximum Gasteiger partial charge on any atom is 0.335 e. The van der Waals surface area contributed by atoms with Gasteiger partial charge in [-0.25, -0.2) is 9.18 Å². The summed E-state index contributed by atoms with van der Waals surface area (Å²) in [5, 5.41) is 12.7. The molecule has 96 valence electrons. The van der Waals surface area contributed by atoms with E-state index in [4.69, 9.17) is 5.11 Å². The first-order chi connectivity index (χ1) is 9.16. The molecule has 0 amide bonds. The highest BCUT2D eigenvalue weighted by atomic mass is 19.1. The van der Waals surface area contributed by atoms with Crippen LogP contribution in [0.5, 0.6) is 0 Å². The Hall–Kier alpha value is -2.69. The third-order valence-corrected chi connectivity index (χ3v) is 2.41. The molecule has 0 saturated heterocycles. The fourth-order valence-electron chi connectivity index (χ4n) is 1.48. The van der Waals surface area contributed by atoms with Gasteiger partial charge in [-0.2, -0.15) is 5.10 Å². The van der Waals surface area contributed by atoms with E-state index in [0.717, 1.165) is 0 Å². The van der Waals surface area contributed by atoms with E-state index in [1.54, 1.807) is 30.3 Å². The average molecular weight is 258 g/mol. The number of carboxylic acids is 1. The molecule has 0 aliphatic carbocycles. The third-order valence-electron chi connectivity index (χ3n) is 2.41. The fraction of sp³-hybridized carbons (Fsp3) is 0. The summed E-state index contributed by atoms with van der Waals surface area (Å²) in [5.41, 5.74) is 3.69. The van der Waals surface area contributed by atoms with Gasteiger partial charge in [-0.15, -0.1) is 0 Å². The predicted molar refractivity (Wildman–Crippen MR) is 71.0 cm³/mol. The van der Waals surface area contributed by atoms with Crippen LogP contribution >= 0.6 is 0 Å². The molecule has 2 N–H and O–H groups in total. The Balaban J connectivity index is 2.09. The largest absolute Gasteiger partial charge is 0.478 e. The van der Waals surface area contributed by atoms with Gasteiger partial charge in [-0.05, 0) is 24.3 Å². The van der Waals surface area contributed by atoms with Crippen LogP contribution in [0.25, 0.3) is 0 Å². The molecule has 2 aromatic carbocycles. The first-order valence-corrected chi connectivity index (χ1v) is 5.54. The van der Waals surface area contributed by atoms with E-state index in [1.165, 1.54) is 24.4 Å². The van der Waals surface area contributed by atoms with Crippen molar-refractivity contribution < 1.29 is 14.3 Å². The lowest BCUT2D eigenvalue weighted by atomic mass is 10.2. The van der Waals surface area contributed by atoms with Crippen LogP contribution in [0.2, 0.25) is 0 Å². The summed E-state index contributed by atoms with van der Waals surface area (Å²) in [7, 11) is 0. The molecule has 0 aliphatic heterocycles. The second-order valence-electron chi connectivity index (χ2n) is 3.78. The Morgan fingerprint density at radius 1 is 1.21 bits per heavy atom. The fourth-order valence-corrected chi connectivity index (χ4v) is 1.48. The molecule has 2 rings (SSSR count). The van der Waals surface area contributed by atoms with E-state index in [-0.39, 0.29) is 11.4 Å². The van der Waals surface area contributed by atoms with Gasteiger partial charge in [0.1, 0.15) is 5.82 Å². The SMILES string of the molecule is O=C(O)c1cccc(N/N=C/c2ccccc2F)c1. The molecule has 0 bridgehead atoms. The first kappa shape index (κ1) is 12.8. The lowest BCUT2D eigenvalue weighted by molar-refractivity contribution is 0.0697. The number of halogens is 1. The van der Waals surface area contributed by atoms with Gasteiger partial charge >= 0.3 is 5.97 Å². The van der Waals surface area contributed by atoms with Gasteiger partial charge in [-0.1, -0.05) is 24.3 Å². The van der Waals surface area contributed by atoms with E-state index in [0.29, 0.717) is 11.3 Å². The number of carboxylic acid groups (broad SMARTS) is 1. The standard InChI is InChI=1S/C14H11FN2O2/c15-13-7-2-1-4-11(13)9-16-17-12-6-3-5-10(8-12)14(18)19/h1-9,17H,(H,18,19)/b16-9+. The molecule has 4 nitrogen and oxygen atoms in total. The van der Waals surface area contributed by atoms with Crippen molar-refractivity contribution in [2.24, 2.45) is 5.10 Å². The van der Waals surface area contributed by atoms with Crippen molar-refractivity contribution in [1.29, 1.82) is 0 Å². The number of rotatable bonds is 4. The maximum atomic E-state index is 13.3. The molecule has 19 heavy (non-hydrogen) atoms. The van der Waals surface area contributed by atoms with Crippen LogP contribution in [0.4, 0.5) is 10.1 Å². The lowest BCUT2D eigenvalue weighted by Gasteiger charge is -2.01. The summed E-state index contributed by atoms with van der Waals surface area (Å²) in [6, 6.07) is 12.4. The summed E-state index contributed by atoms with van der Waals surface area (Å²) in [6.07, 6.45) is 1.34. The van der Waals surface area contributed by atoms with Gasteiger partial charge in [-0.3, -0.25) is 5.43 Å². The zero-order valence-corrected chi connectivity index (χ0v) is 9.88.